The van der Waals surface area contributed by atoms with Gasteiger partial charge in [-0.3, -0.25) is 4.79 Å². The lowest BCUT2D eigenvalue weighted by atomic mass is 10.1. The first-order valence-corrected chi connectivity index (χ1v) is 7.75. The van der Waals surface area contributed by atoms with Crippen LogP contribution in [0.15, 0.2) is 24.7 Å². The number of carbonyl (C=O) groups is 1. The monoisotopic (exact) mass is 375 g/mol. The van der Waals surface area contributed by atoms with Crippen molar-refractivity contribution in [3.05, 3.63) is 29.5 Å². The van der Waals surface area contributed by atoms with Gasteiger partial charge in [0.25, 0.3) is 5.91 Å². The van der Waals surface area contributed by atoms with E-state index in [0.29, 0.717) is 28.2 Å². The Morgan fingerprint density at radius 1 is 1.35 bits per heavy atom. The van der Waals surface area contributed by atoms with Gasteiger partial charge >= 0.3 is 0 Å². The van der Waals surface area contributed by atoms with Gasteiger partial charge in [-0.15, -0.1) is 36.2 Å². The van der Waals surface area contributed by atoms with Crippen LogP contribution in [0, 0.1) is 5.92 Å². The maximum Gasteiger partial charge on any atom is 0.265 e. The number of carbonyl (C=O) groups excluding carboxylic acids is 1. The van der Waals surface area contributed by atoms with Crippen LogP contribution in [0.2, 0.25) is 0 Å². The number of nitrogens with zero attached hydrogens (tertiary/aromatic N) is 4. The van der Waals surface area contributed by atoms with E-state index in [0.717, 1.165) is 13.0 Å². The smallest absolute Gasteiger partial charge is 0.265 e. The summed E-state index contributed by atoms with van der Waals surface area (Å²) in [6, 6.07) is 1.98. The fourth-order valence-electron chi connectivity index (χ4n) is 2.62. The molecule has 1 aliphatic rings. The van der Waals surface area contributed by atoms with Crippen LogP contribution in [0.4, 0.5) is 0 Å². The molecule has 0 aliphatic carbocycles. The summed E-state index contributed by atoms with van der Waals surface area (Å²) in [5.41, 5.74) is 5.71. The first kappa shape index (κ1) is 19.8. The second kappa shape index (κ2) is 8.54. The van der Waals surface area contributed by atoms with Crippen molar-refractivity contribution in [3.8, 4) is 10.8 Å². The molecule has 9 heteroatoms. The number of halogens is 2. The Morgan fingerprint density at radius 2 is 2.04 bits per heavy atom. The molecule has 2 unspecified atom stereocenters. The second-order valence-electron chi connectivity index (χ2n) is 5.25. The molecule has 1 fully saturated rings. The van der Waals surface area contributed by atoms with Gasteiger partial charge in [0.2, 0.25) is 0 Å². The number of thiazole rings is 1. The molecule has 2 aromatic heterocycles. The maximum absolute atomic E-state index is 12.6. The molecule has 1 aliphatic heterocycles. The van der Waals surface area contributed by atoms with E-state index in [1.54, 1.807) is 24.7 Å². The normalized spacial score (nSPS) is 19.8. The summed E-state index contributed by atoms with van der Waals surface area (Å²) in [6.07, 6.45) is 5.91. The lowest BCUT2D eigenvalue weighted by molar-refractivity contribution is 0.0748. The van der Waals surface area contributed by atoms with Gasteiger partial charge in [0.15, 0.2) is 10.8 Å². The van der Waals surface area contributed by atoms with E-state index in [2.05, 4.69) is 21.9 Å². The van der Waals surface area contributed by atoms with E-state index in [1.807, 2.05) is 4.90 Å². The average Bonchev–Trinajstić information content (AvgIpc) is 3.14. The Hall–Kier alpha value is -1.28. The lowest BCUT2D eigenvalue weighted by Crippen LogP contribution is -2.33. The van der Waals surface area contributed by atoms with Gasteiger partial charge in [-0.05, 0) is 31.9 Å². The highest BCUT2D eigenvalue weighted by Gasteiger charge is 2.33. The van der Waals surface area contributed by atoms with Crippen LogP contribution in [0.3, 0.4) is 0 Å². The molecule has 0 saturated carbocycles. The number of amides is 1. The third kappa shape index (κ3) is 4.17. The highest BCUT2D eigenvalue weighted by atomic mass is 35.5. The summed E-state index contributed by atoms with van der Waals surface area (Å²) < 4.78 is 0. The van der Waals surface area contributed by atoms with Crippen LogP contribution in [0.25, 0.3) is 10.8 Å². The van der Waals surface area contributed by atoms with E-state index in [-0.39, 0.29) is 36.8 Å². The highest BCUT2D eigenvalue weighted by Crippen LogP contribution is 2.28. The van der Waals surface area contributed by atoms with Gasteiger partial charge in [-0.1, -0.05) is 0 Å². The first-order valence-electron chi connectivity index (χ1n) is 6.93. The quantitative estimate of drug-likeness (QED) is 0.888. The zero-order valence-electron chi connectivity index (χ0n) is 12.6. The van der Waals surface area contributed by atoms with E-state index in [9.17, 15) is 4.79 Å². The Labute approximate surface area is 151 Å². The molecule has 0 aromatic carbocycles. The van der Waals surface area contributed by atoms with Crippen molar-refractivity contribution in [1.29, 1.82) is 0 Å². The summed E-state index contributed by atoms with van der Waals surface area (Å²) >= 11 is 1.33. The summed E-state index contributed by atoms with van der Waals surface area (Å²) in [6.45, 7) is 3.42. The molecule has 1 saturated heterocycles. The molecule has 2 aromatic rings. The largest absolute Gasteiger partial charge is 0.335 e. The standard InChI is InChI=1S/C14H17N5OS.2ClH/c1-9-5-10(6-15)8-19(9)14(20)11-7-18-13(21-11)12-16-3-2-4-17-12;;/h2-4,7,9-10H,5-6,8,15H2,1H3;2*1H. The zero-order valence-corrected chi connectivity index (χ0v) is 15.0. The van der Waals surface area contributed by atoms with Crippen molar-refractivity contribution in [2.75, 3.05) is 13.1 Å². The fraction of sp³-hybridized carbons (Fsp3) is 0.429. The molecule has 0 radical (unpaired) electrons. The molecule has 6 nitrogen and oxygen atoms in total. The average molecular weight is 376 g/mol. The number of rotatable bonds is 3. The fourth-order valence-corrected chi connectivity index (χ4v) is 3.44. The maximum atomic E-state index is 12.6. The molecular formula is C14H19Cl2N5OS. The number of aromatic nitrogens is 3. The topological polar surface area (TPSA) is 85.0 Å². The van der Waals surface area contributed by atoms with Gasteiger partial charge < -0.3 is 10.6 Å². The van der Waals surface area contributed by atoms with Gasteiger partial charge in [0.05, 0.1) is 6.20 Å². The summed E-state index contributed by atoms with van der Waals surface area (Å²) in [5.74, 6) is 0.975. The van der Waals surface area contributed by atoms with E-state index in [1.165, 1.54) is 11.3 Å². The van der Waals surface area contributed by atoms with E-state index >= 15 is 0 Å². The molecule has 1 amide bonds. The van der Waals surface area contributed by atoms with E-state index in [4.69, 9.17) is 5.73 Å². The molecule has 0 spiro atoms. The second-order valence-corrected chi connectivity index (χ2v) is 6.28. The summed E-state index contributed by atoms with van der Waals surface area (Å²) in [5, 5.41) is 0.668. The molecule has 23 heavy (non-hydrogen) atoms. The van der Waals surface area contributed by atoms with Crippen LogP contribution < -0.4 is 5.73 Å². The van der Waals surface area contributed by atoms with Gasteiger partial charge in [0.1, 0.15) is 4.88 Å². The number of hydrogen-bond donors (Lipinski definition) is 1. The van der Waals surface area contributed by atoms with Crippen molar-refractivity contribution in [3.63, 3.8) is 0 Å². The van der Waals surface area contributed by atoms with Crippen molar-refractivity contribution in [1.82, 2.24) is 19.9 Å². The summed E-state index contributed by atoms with van der Waals surface area (Å²) in [7, 11) is 0. The molecule has 2 atom stereocenters. The van der Waals surface area contributed by atoms with Crippen molar-refractivity contribution >= 4 is 42.1 Å². The molecular weight excluding hydrogens is 357 g/mol. The third-order valence-electron chi connectivity index (χ3n) is 3.73. The number of hydrogen-bond acceptors (Lipinski definition) is 6. The van der Waals surface area contributed by atoms with Crippen molar-refractivity contribution < 1.29 is 4.79 Å². The third-order valence-corrected chi connectivity index (χ3v) is 4.71. The molecule has 0 bridgehead atoms. The molecule has 3 heterocycles. The zero-order chi connectivity index (χ0) is 14.8. The van der Waals surface area contributed by atoms with E-state index < -0.39 is 0 Å². The van der Waals surface area contributed by atoms with Crippen molar-refractivity contribution in [2.45, 2.75) is 19.4 Å². The van der Waals surface area contributed by atoms with Gasteiger partial charge in [-0.25, -0.2) is 15.0 Å². The first-order chi connectivity index (χ1) is 10.2. The highest BCUT2D eigenvalue weighted by molar-refractivity contribution is 7.16. The van der Waals surface area contributed by atoms with Gasteiger partial charge in [-0.2, -0.15) is 0 Å². The SMILES string of the molecule is CC1CC(CN)CN1C(=O)c1cnc(-c2ncccn2)s1.Cl.Cl. The van der Waals surface area contributed by atoms with Crippen LogP contribution in [-0.2, 0) is 0 Å². The van der Waals surface area contributed by atoms with Crippen LogP contribution >= 0.6 is 36.2 Å². The van der Waals surface area contributed by atoms with Crippen LogP contribution in [-0.4, -0.2) is 44.9 Å². The minimum absolute atomic E-state index is 0. The van der Waals surface area contributed by atoms with Gasteiger partial charge in [0, 0.05) is 25.0 Å². The minimum Gasteiger partial charge on any atom is -0.335 e. The predicted octanol–water partition coefficient (Wildman–Crippen LogP) is 2.25. The number of nitrogens with two attached hydrogens (primary N) is 1. The van der Waals surface area contributed by atoms with Crippen molar-refractivity contribution in [2.24, 2.45) is 11.7 Å². The Morgan fingerprint density at radius 3 is 2.65 bits per heavy atom. The molecule has 2 N–H and O–H groups in total. The Kier molecular flexibility index (Phi) is 7.34. The van der Waals surface area contributed by atoms with Crippen LogP contribution in [0.1, 0.15) is 23.0 Å². The Bertz CT molecular complexity index is 639. The minimum atomic E-state index is 0. The lowest BCUT2D eigenvalue weighted by Gasteiger charge is -2.20. The molecule has 3 rings (SSSR count). The Balaban J connectivity index is 0.00000132. The predicted molar refractivity (Wildman–Crippen MR) is 95.3 cm³/mol. The molecule has 126 valence electrons. The summed E-state index contributed by atoms with van der Waals surface area (Å²) in [4.78, 5) is 27.7. The van der Waals surface area contributed by atoms with Crippen LogP contribution in [0.5, 0.6) is 0 Å². The number of likely N-dealkylation sites (tertiary alicyclic amines) is 1.